The summed E-state index contributed by atoms with van der Waals surface area (Å²) < 4.78 is 9.50. The number of hydrogen-bond donors (Lipinski definition) is 2. The Kier molecular flexibility index (Phi) is 26.7. The summed E-state index contributed by atoms with van der Waals surface area (Å²) in [5, 5.41) is 15.1. The number of amidine groups is 1. The molecule has 4 rings (SSSR count). The van der Waals surface area contributed by atoms with Crippen molar-refractivity contribution in [1.82, 2.24) is 15.2 Å². The van der Waals surface area contributed by atoms with Crippen LogP contribution in [0.1, 0.15) is 58.1 Å². The van der Waals surface area contributed by atoms with Crippen molar-refractivity contribution in [2.45, 2.75) is 47.0 Å². The number of alkyl halides is 1. The Morgan fingerprint density at radius 1 is 1.10 bits per heavy atom. The maximum absolute atomic E-state index is 9.50. The average molecular weight is 617 g/mol. The molecule has 0 radical (unpaired) electrons. The van der Waals surface area contributed by atoms with Crippen molar-refractivity contribution < 1.29 is 21.8 Å². The van der Waals surface area contributed by atoms with Gasteiger partial charge in [0.05, 0.1) is 7.18 Å². The van der Waals surface area contributed by atoms with E-state index in [0.717, 1.165) is 69.3 Å². The molecule has 2 aromatic rings. The Balaban J connectivity index is 0. The van der Waals surface area contributed by atoms with E-state index in [-0.39, 0.29) is 17.4 Å². The molecule has 2 aliphatic rings. The van der Waals surface area contributed by atoms with Crippen LogP contribution in [-0.2, 0) is 17.4 Å². The van der Waals surface area contributed by atoms with Crippen LogP contribution in [0.25, 0.3) is 10.9 Å². The van der Waals surface area contributed by atoms with Gasteiger partial charge in [0.1, 0.15) is 11.7 Å². The van der Waals surface area contributed by atoms with Crippen molar-refractivity contribution in [1.29, 1.82) is 5.41 Å². The predicted octanol–water partition coefficient (Wildman–Crippen LogP) is 7.53. The third-order valence-corrected chi connectivity index (χ3v) is 6.48. The summed E-state index contributed by atoms with van der Waals surface area (Å²) in [6.07, 6.45) is 8.28. The first-order chi connectivity index (χ1) is 20.0. The number of pyridine rings is 1. The van der Waals surface area contributed by atoms with Gasteiger partial charge in [0, 0.05) is 45.5 Å². The van der Waals surface area contributed by atoms with Crippen molar-refractivity contribution >= 4 is 17.2 Å². The van der Waals surface area contributed by atoms with Crippen molar-refractivity contribution in [2.75, 3.05) is 64.4 Å². The Hall–Kier alpha value is -2.76. The van der Waals surface area contributed by atoms with E-state index in [1.807, 2.05) is 56.2 Å². The standard InChI is InChI=1S/C14H17.C9H13N3.C8H14N3.C2H6.CH3F.Cr/c1-5-11(3)13-7-9-14(10-8-13)12(4)6-2;1-2-4-11-9(3-1)12-7-5-10-6-8-12;1-2-3-8(9)11-6-4-10-5-7-11;2*1-2;/h1,5,7-10,12H,3,6H2,2,4H3;1-4,10H,5-8H2;2-3,9H,4-7H2,1H3;1-2H3;1H3;/q-1;;-1;;;+2/b;;3-2-,9-8?;;;. The molecule has 2 aliphatic heterocycles. The Labute approximate surface area is 266 Å². The smallest absolute Gasteiger partial charge is 0.659 e. The van der Waals surface area contributed by atoms with Crippen LogP contribution in [0, 0.1) is 12.0 Å². The molecule has 0 spiro atoms. The van der Waals surface area contributed by atoms with Gasteiger partial charge in [-0.05, 0) is 43.0 Å². The van der Waals surface area contributed by atoms with E-state index < -0.39 is 0 Å². The number of rotatable bonds is 6. The summed E-state index contributed by atoms with van der Waals surface area (Å²) in [6, 6.07) is 14.5. The van der Waals surface area contributed by atoms with Gasteiger partial charge in [-0.25, -0.2) is 11.1 Å². The topological polar surface area (TPSA) is 69.4 Å². The van der Waals surface area contributed by atoms with Crippen LogP contribution in [0.4, 0.5) is 10.2 Å². The minimum atomic E-state index is 0. The number of nitrogens with one attached hydrogen (secondary N) is 2. The number of allylic oxidation sites excluding steroid dienone is 3. The van der Waals surface area contributed by atoms with Crippen LogP contribution >= 0.6 is 0 Å². The summed E-state index contributed by atoms with van der Waals surface area (Å²) in [7, 11) is 0.500. The number of nitrogens with zero attached hydrogens (tertiary/aromatic N) is 4. The molecular formula is C34H53CrFN6. The van der Waals surface area contributed by atoms with E-state index in [0.29, 0.717) is 18.9 Å². The van der Waals surface area contributed by atoms with Gasteiger partial charge in [-0.15, -0.1) is 18.7 Å². The quantitative estimate of drug-likeness (QED) is 0.152. The second-order valence-corrected chi connectivity index (χ2v) is 9.09. The van der Waals surface area contributed by atoms with Crippen LogP contribution in [0.15, 0.2) is 73.5 Å². The van der Waals surface area contributed by atoms with Crippen molar-refractivity contribution in [3.05, 3.63) is 96.5 Å². The second kappa shape index (κ2) is 27.1. The van der Waals surface area contributed by atoms with Crippen LogP contribution in [0.2, 0.25) is 0 Å². The molecule has 1 atom stereocenters. The Bertz CT molecular complexity index is 969. The largest absolute Gasteiger partial charge is 2.00 e. The van der Waals surface area contributed by atoms with E-state index in [9.17, 15) is 4.39 Å². The Morgan fingerprint density at radius 3 is 2.17 bits per heavy atom. The van der Waals surface area contributed by atoms with Gasteiger partial charge in [0.15, 0.2) is 0 Å². The maximum Gasteiger partial charge on any atom is 2.00 e. The SMILES string of the molecule is C/C=C\C(=N)N1CC[N-]CC1.CC.CF.[CH-]=CC(=C)c1ccc(C(C)CC)cc1.[Cr+2].c1ccc(N2CCNCC2)nc1. The fraction of sp³-hybridized carbons (Fsp3) is 0.471. The van der Waals surface area contributed by atoms with E-state index in [1.54, 1.807) is 0 Å². The number of benzene rings is 1. The molecule has 0 bridgehead atoms. The first-order valence-electron chi connectivity index (χ1n) is 14.7. The number of hydrogen-bond acceptors (Lipinski definition) is 4. The molecule has 232 valence electrons. The zero-order chi connectivity index (χ0) is 30.9. The van der Waals surface area contributed by atoms with Crippen LogP contribution in [0.3, 0.4) is 0 Å². The monoisotopic (exact) mass is 616 g/mol. The molecule has 8 heteroatoms. The molecule has 6 nitrogen and oxygen atoms in total. The van der Waals surface area contributed by atoms with Crippen LogP contribution in [0.5, 0.6) is 0 Å². The maximum atomic E-state index is 9.50. The summed E-state index contributed by atoms with van der Waals surface area (Å²) >= 11 is 0. The molecular weight excluding hydrogens is 563 g/mol. The van der Waals surface area contributed by atoms with Crippen molar-refractivity contribution in [3.8, 4) is 0 Å². The number of aromatic nitrogens is 1. The van der Waals surface area contributed by atoms with Gasteiger partial charge in [-0.3, -0.25) is 16.4 Å². The van der Waals surface area contributed by atoms with Crippen LogP contribution in [-0.4, -0.2) is 75.3 Å². The van der Waals surface area contributed by atoms with E-state index in [2.05, 4.69) is 71.3 Å². The van der Waals surface area contributed by atoms with Crippen molar-refractivity contribution in [3.63, 3.8) is 0 Å². The number of anilines is 1. The average Bonchev–Trinajstić information content (AvgIpc) is 3.08. The van der Waals surface area contributed by atoms with Crippen LogP contribution < -0.4 is 10.2 Å². The molecule has 2 fully saturated rings. The van der Waals surface area contributed by atoms with Gasteiger partial charge in [-0.2, -0.15) is 12.2 Å². The summed E-state index contributed by atoms with van der Waals surface area (Å²) in [5.74, 6) is 2.33. The molecule has 0 amide bonds. The zero-order valence-electron chi connectivity index (χ0n) is 26.7. The van der Waals surface area contributed by atoms with Gasteiger partial charge >= 0.3 is 17.4 Å². The first kappa shape index (κ1) is 41.4. The molecule has 2 N–H and O–H groups in total. The number of piperazine rings is 2. The number of halogens is 1. The molecule has 3 heterocycles. The van der Waals surface area contributed by atoms with Gasteiger partial charge in [0.25, 0.3) is 0 Å². The first-order valence-corrected chi connectivity index (χ1v) is 14.7. The molecule has 0 aliphatic carbocycles. The van der Waals surface area contributed by atoms with Gasteiger partial charge < -0.3 is 20.4 Å². The van der Waals surface area contributed by atoms with E-state index in [1.165, 1.54) is 18.1 Å². The molecule has 1 unspecified atom stereocenters. The third kappa shape index (κ3) is 16.6. The van der Waals surface area contributed by atoms with E-state index >= 15 is 0 Å². The molecule has 1 aromatic heterocycles. The normalized spacial score (nSPS) is 14.5. The van der Waals surface area contributed by atoms with Crippen molar-refractivity contribution in [2.24, 2.45) is 0 Å². The van der Waals surface area contributed by atoms with Gasteiger partial charge in [0.2, 0.25) is 0 Å². The minimum Gasteiger partial charge on any atom is -0.659 e. The minimum absolute atomic E-state index is 0. The fourth-order valence-electron chi connectivity index (χ4n) is 3.90. The summed E-state index contributed by atoms with van der Waals surface area (Å²) in [5.41, 5.74) is 3.35. The molecule has 2 saturated heterocycles. The molecule has 0 saturated carbocycles. The van der Waals surface area contributed by atoms with E-state index in [4.69, 9.17) is 12.0 Å². The zero-order valence-corrected chi connectivity index (χ0v) is 27.9. The predicted molar refractivity (Wildman–Crippen MR) is 178 cm³/mol. The molecule has 42 heavy (non-hydrogen) atoms. The second-order valence-electron chi connectivity index (χ2n) is 9.09. The Morgan fingerprint density at radius 2 is 1.69 bits per heavy atom. The fourth-order valence-corrected chi connectivity index (χ4v) is 3.90. The summed E-state index contributed by atoms with van der Waals surface area (Å²) in [4.78, 5) is 8.65. The molecule has 1 aromatic carbocycles. The third-order valence-electron chi connectivity index (χ3n) is 6.48. The summed E-state index contributed by atoms with van der Waals surface area (Å²) in [6.45, 7) is 27.5. The van der Waals surface area contributed by atoms with Gasteiger partial charge in [-0.1, -0.05) is 64.1 Å².